The minimum Gasteiger partial charge on any atom is -0.242 e. The van der Waals surface area contributed by atoms with Gasteiger partial charge >= 0.3 is 0 Å². The fourth-order valence-electron chi connectivity index (χ4n) is 1.40. The number of rotatable bonds is 5. The molecule has 1 heteroatoms. The Balaban J connectivity index is 2.35. The number of hydrogen-bond acceptors (Lipinski definition) is 0. The van der Waals surface area contributed by atoms with Crippen LogP contribution in [0.3, 0.4) is 0 Å². The molecule has 0 nitrogen and oxygen atoms in total. The first-order chi connectivity index (χ1) is 6.34. The number of benzene rings is 1. The van der Waals surface area contributed by atoms with Crippen LogP contribution < -0.4 is 0 Å². The second-order valence-electron chi connectivity index (χ2n) is 3.37. The van der Waals surface area contributed by atoms with Crippen molar-refractivity contribution < 1.29 is 4.39 Å². The molecule has 0 aliphatic carbocycles. The van der Waals surface area contributed by atoms with Crippen LogP contribution in [-0.4, -0.2) is 0 Å². The van der Waals surface area contributed by atoms with E-state index in [0.29, 0.717) is 6.42 Å². The quantitative estimate of drug-likeness (QED) is 0.593. The lowest BCUT2D eigenvalue weighted by Gasteiger charge is -2.07. The first-order valence-electron chi connectivity index (χ1n) is 5.03. The molecule has 0 saturated heterocycles. The number of halogens is 1. The van der Waals surface area contributed by atoms with Crippen molar-refractivity contribution in [3.63, 3.8) is 0 Å². The maximum atomic E-state index is 13.5. The summed E-state index contributed by atoms with van der Waals surface area (Å²) in [6.45, 7) is 2.13. The van der Waals surface area contributed by atoms with Gasteiger partial charge in [0.25, 0.3) is 0 Å². The van der Waals surface area contributed by atoms with E-state index in [1.54, 1.807) is 0 Å². The second-order valence-corrected chi connectivity index (χ2v) is 3.37. The van der Waals surface area contributed by atoms with Crippen molar-refractivity contribution in [2.45, 2.75) is 38.8 Å². The Bertz CT molecular complexity index is 218. The Hall–Kier alpha value is -0.850. The normalized spacial score (nSPS) is 12.8. The van der Waals surface area contributed by atoms with Gasteiger partial charge in [0, 0.05) is 0 Å². The zero-order chi connectivity index (χ0) is 9.52. The van der Waals surface area contributed by atoms with Crippen LogP contribution in [0, 0.1) is 0 Å². The second kappa shape index (κ2) is 5.74. The van der Waals surface area contributed by atoms with E-state index in [-0.39, 0.29) is 0 Å². The first-order valence-corrected chi connectivity index (χ1v) is 5.03. The van der Waals surface area contributed by atoms with Crippen LogP contribution in [0.25, 0.3) is 0 Å². The monoisotopic (exact) mass is 180 g/mol. The van der Waals surface area contributed by atoms with Gasteiger partial charge in [-0.25, -0.2) is 4.39 Å². The van der Waals surface area contributed by atoms with Gasteiger partial charge in [0.2, 0.25) is 0 Å². The minimum absolute atomic E-state index is 0.665. The molecule has 1 rings (SSSR count). The molecule has 1 atom stereocenters. The number of alkyl halides is 1. The highest BCUT2D eigenvalue weighted by atomic mass is 19.1. The van der Waals surface area contributed by atoms with E-state index < -0.39 is 6.17 Å². The summed E-state index contributed by atoms with van der Waals surface area (Å²) in [5.41, 5.74) is 0.818. The summed E-state index contributed by atoms with van der Waals surface area (Å²) in [7, 11) is 0. The Morgan fingerprint density at radius 1 is 1.15 bits per heavy atom. The van der Waals surface area contributed by atoms with E-state index in [4.69, 9.17) is 0 Å². The topological polar surface area (TPSA) is 0 Å². The molecule has 1 aromatic carbocycles. The smallest absolute Gasteiger partial charge is 0.125 e. The predicted octanol–water partition coefficient (Wildman–Crippen LogP) is 4.28. The van der Waals surface area contributed by atoms with E-state index in [1.807, 2.05) is 30.3 Å². The molecular weight excluding hydrogens is 163 g/mol. The highest BCUT2D eigenvalue weighted by Gasteiger charge is 2.07. The molecule has 0 saturated carbocycles. The van der Waals surface area contributed by atoms with Crippen molar-refractivity contribution >= 4 is 0 Å². The van der Waals surface area contributed by atoms with E-state index >= 15 is 0 Å². The molecule has 0 amide bonds. The highest BCUT2D eigenvalue weighted by Crippen LogP contribution is 2.23. The van der Waals surface area contributed by atoms with Crippen LogP contribution in [0.15, 0.2) is 30.3 Å². The van der Waals surface area contributed by atoms with Crippen LogP contribution >= 0.6 is 0 Å². The molecule has 0 heterocycles. The maximum Gasteiger partial charge on any atom is 0.125 e. The average molecular weight is 180 g/mol. The van der Waals surface area contributed by atoms with E-state index in [1.165, 1.54) is 0 Å². The third kappa shape index (κ3) is 3.58. The van der Waals surface area contributed by atoms with Crippen LogP contribution in [0.5, 0.6) is 0 Å². The van der Waals surface area contributed by atoms with Crippen molar-refractivity contribution in [2.24, 2.45) is 0 Å². The molecule has 0 aromatic heterocycles. The fourth-order valence-corrected chi connectivity index (χ4v) is 1.40. The largest absolute Gasteiger partial charge is 0.242 e. The van der Waals surface area contributed by atoms with Crippen molar-refractivity contribution in [3.05, 3.63) is 35.9 Å². The van der Waals surface area contributed by atoms with E-state index in [2.05, 4.69) is 6.92 Å². The van der Waals surface area contributed by atoms with Gasteiger partial charge in [0.1, 0.15) is 6.17 Å². The Labute approximate surface area is 79.8 Å². The zero-order valence-electron chi connectivity index (χ0n) is 8.17. The summed E-state index contributed by atoms with van der Waals surface area (Å²) in [5, 5.41) is 0. The summed E-state index contributed by atoms with van der Waals surface area (Å²) in [4.78, 5) is 0. The lowest BCUT2D eigenvalue weighted by Crippen LogP contribution is -1.91. The molecule has 1 unspecified atom stereocenters. The van der Waals surface area contributed by atoms with Crippen LogP contribution in [-0.2, 0) is 0 Å². The average Bonchev–Trinajstić information content (AvgIpc) is 2.19. The standard InChI is InChI=1S/C12H17F/c1-2-3-5-10-12(13)11-8-6-4-7-9-11/h4,6-9,12H,2-3,5,10H2,1H3. The van der Waals surface area contributed by atoms with Gasteiger partial charge in [-0.2, -0.15) is 0 Å². The zero-order valence-corrected chi connectivity index (χ0v) is 8.17. The summed E-state index contributed by atoms with van der Waals surface area (Å²) >= 11 is 0. The third-order valence-electron chi connectivity index (χ3n) is 2.22. The van der Waals surface area contributed by atoms with Gasteiger partial charge in [-0.05, 0) is 12.0 Å². The highest BCUT2D eigenvalue weighted by molar-refractivity contribution is 5.17. The summed E-state index contributed by atoms with van der Waals surface area (Å²) in [6, 6.07) is 9.42. The molecule has 0 aliphatic heterocycles. The molecule has 13 heavy (non-hydrogen) atoms. The molecule has 72 valence electrons. The molecular formula is C12H17F. The van der Waals surface area contributed by atoms with Gasteiger partial charge < -0.3 is 0 Å². The number of unbranched alkanes of at least 4 members (excludes halogenated alkanes) is 2. The van der Waals surface area contributed by atoms with Crippen molar-refractivity contribution in [1.29, 1.82) is 0 Å². The maximum absolute atomic E-state index is 13.5. The van der Waals surface area contributed by atoms with Crippen LogP contribution in [0.1, 0.15) is 44.3 Å². The SMILES string of the molecule is CCCCCC(F)c1ccccc1. The Morgan fingerprint density at radius 3 is 2.46 bits per heavy atom. The molecule has 0 bridgehead atoms. The summed E-state index contributed by atoms with van der Waals surface area (Å²) < 4.78 is 13.5. The van der Waals surface area contributed by atoms with Gasteiger partial charge in [0.15, 0.2) is 0 Å². The Kier molecular flexibility index (Phi) is 4.52. The molecule has 0 fully saturated rings. The van der Waals surface area contributed by atoms with Gasteiger partial charge in [0.05, 0.1) is 0 Å². The van der Waals surface area contributed by atoms with Crippen LogP contribution in [0.4, 0.5) is 4.39 Å². The van der Waals surface area contributed by atoms with Crippen molar-refractivity contribution in [3.8, 4) is 0 Å². The molecule has 0 N–H and O–H groups in total. The fraction of sp³-hybridized carbons (Fsp3) is 0.500. The Morgan fingerprint density at radius 2 is 1.85 bits per heavy atom. The molecule has 0 radical (unpaired) electrons. The van der Waals surface area contributed by atoms with Crippen molar-refractivity contribution in [1.82, 2.24) is 0 Å². The predicted molar refractivity (Wildman–Crippen MR) is 54.4 cm³/mol. The molecule has 1 aromatic rings. The van der Waals surface area contributed by atoms with Gasteiger partial charge in [-0.3, -0.25) is 0 Å². The third-order valence-corrected chi connectivity index (χ3v) is 2.22. The summed E-state index contributed by atoms with van der Waals surface area (Å²) in [5.74, 6) is 0. The minimum atomic E-state index is -0.771. The molecule has 0 spiro atoms. The lowest BCUT2D eigenvalue weighted by atomic mass is 10.0. The lowest BCUT2D eigenvalue weighted by molar-refractivity contribution is 0.314. The number of hydrogen-bond donors (Lipinski definition) is 0. The van der Waals surface area contributed by atoms with Crippen molar-refractivity contribution in [2.75, 3.05) is 0 Å². The van der Waals surface area contributed by atoms with Gasteiger partial charge in [-0.1, -0.05) is 56.5 Å². The van der Waals surface area contributed by atoms with E-state index in [0.717, 1.165) is 24.8 Å². The molecule has 0 aliphatic rings. The van der Waals surface area contributed by atoms with Crippen LogP contribution in [0.2, 0.25) is 0 Å². The first kappa shape index (κ1) is 10.2. The van der Waals surface area contributed by atoms with E-state index in [9.17, 15) is 4.39 Å². The summed E-state index contributed by atoms with van der Waals surface area (Å²) in [6.07, 6.45) is 3.17. The van der Waals surface area contributed by atoms with Gasteiger partial charge in [-0.15, -0.1) is 0 Å².